The fraction of sp³-hybridized carbons (Fsp3) is 0. The molecule has 0 aliphatic heterocycles. The molecule has 0 fully saturated rings. The zero-order chi connectivity index (χ0) is 17.8. The van der Waals surface area contributed by atoms with Gasteiger partial charge in [0.2, 0.25) is 0 Å². The standard InChI is InChI=1S/C18H12ClIN2O2S/c19-11-3-8-15(20)14(10-11)17(23)21-12-4-6-13(7-5-12)22-18(24)16-2-1-9-25-16/h1-10H,(H,21,23)(H,22,24). The van der Waals surface area contributed by atoms with Gasteiger partial charge in [0.1, 0.15) is 0 Å². The number of rotatable bonds is 4. The van der Waals surface area contributed by atoms with Crippen LogP contribution >= 0.6 is 45.5 Å². The molecule has 1 heterocycles. The van der Waals surface area contributed by atoms with E-state index in [0.29, 0.717) is 26.8 Å². The van der Waals surface area contributed by atoms with Gasteiger partial charge in [0.05, 0.1) is 10.4 Å². The number of thiophene rings is 1. The fourth-order valence-electron chi connectivity index (χ4n) is 2.11. The maximum absolute atomic E-state index is 12.4. The summed E-state index contributed by atoms with van der Waals surface area (Å²) in [5.41, 5.74) is 1.81. The molecule has 0 bridgehead atoms. The summed E-state index contributed by atoms with van der Waals surface area (Å²) < 4.78 is 0.819. The minimum atomic E-state index is -0.234. The number of carbonyl (C=O) groups is 2. The van der Waals surface area contributed by atoms with Crippen molar-refractivity contribution in [1.29, 1.82) is 0 Å². The largest absolute Gasteiger partial charge is 0.322 e. The van der Waals surface area contributed by atoms with Crippen LogP contribution in [0.25, 0.3) is 0 Å². The summed E-state index contributed by atoms with van der Waals surface area (Å²) in [6.45, 7) is 0. The number of amides is 2. The van der Waals surface area contributed by atoms with Crippen LogP contribution in [0.15, 0.2) is 60.0 Å². The number of nitrogens with one attached hydrogen (secondary N) is 2. The average molecular weight is 483 g/mol. The summed E-state index contributed by atoms with van der Waals surface area (Å²) in [4.78, 5) is 25.0. The minimum Gasteiger partial charge on any atom is -0.322 e. The molecular formula is C18H12ClIN2O2S. The first-order chi connectivity index (χ1) is 12.0. The summed E-state index contributed by atoms with van der Waals surface area (Å²) in [7, 11) is 0. The molecule has 25 heavy (non-hydrogen) atoms. The van der Waals surface area contributed by atoms with E-state index in [9.17, 15) is 9.59 Å². The normalized spacial score (nSPS) is 10.3. The highest BCUT2D eigenvalue weighted by Gasteiger charge is 2.11. The smallest absolute Gasteiger partial charge is 0.265 e. The molecule has 0 saturated carbocycles. The van der Waals surface area contributed by atoms with E-state index in [4.69, 9.17) is 11.6 Å². The molecule has 1 aromatic heterocycles. The van der Waals surface area contributed by atoms with E-state index in [-0.39, 0.29) is 11.8 Å². The molecule has 0 spiro atoms. The maximum Gasteiger partial charge on any atom is 0.265 e. The van der Waals surface area contributed by atoms with Crippen molar-refractivity contribution >= 4 is 68.7 Å². The molecule has 0 radical (unpaired) electrons. The Kier molecular flexibility index (Phi) is 5.72. The van der Waals surface area contributed by atoms with Crippen LogP contribution in [0.3, 0.4) is 0 Å². The topological polar surface area (TPSA) is 58.2 Å². The number of halogens is 2. The van der Waals surface area contributed by atoms with Crippen molar-refractivity contribution in [2.24, 2.45) is 0 Å². The van der Waals surface area contributed by atoms with Gasteiger partial charge >= 0.3 is 0 Å². The van der Waals surface area contributed by atoms with E-state index in [1.165, 1.54) is 11.3 Å². The van der Waals surface area contributed by atoms with Gasteiger partial charge in [-0.3, -0.25) is 9.59 Å². The van der Waals surface area contributed by atoms with E-state index in [1.807, 2.05) is 11.4 Å². The first-order valence-corrected chi connectivity index (χ1v) is 9.58. The van der Waals surface area contributed by atoms with Crippen molar-refractivity contribution in [3.05, 3.63) is 79.0 Å². The first-order valence-electron chi connectivity index (χ1n) is 7.24. The zero-order valence-electron chi connectivity index (χ0n) is 12.8. The third-order valence-electron chi connectivity index (χ3n) is 3.32. The maximum atomic E-state index is 12.4. The van der Waals surface area contributed by atoms with Crippen LogP contribution in [0.4, 0.5) is 11.4 Å². The quantitative estimate of drug-likeness (QED) is 0.482. The summed E-state index contributed by atoms with van der Waals surface area (Å²) in [5.74, 6) is -0.387. The van der Waals surface area contributed by atoms with Crippen molar-refractivity contribution < 1.29 is 9.59 Å². The molecule has 3 aromatic rings. The Morgan fingerprint density at radius 2 is 1.56 bits per heavy atom. The monoisotopic (exact) mass is 482 g/mol. The molecule has 7 heteroatoms. The molecule has 3 rings (SSSR count). The van der Waals surface area contributed by atoms with Gasteiger partial charge in [-0.05, 0) is 76.5 Å². The molecule has 2 N–H and O–H groups in total. The molecule has 126 valence electrons. The fourth-order valence-corrected chi connectivity index (χ4v) is 3.48. The average Bonchev–Trinajstić information content (AvgIpc) is 3.13. The molecule has 2 amide bonds. The number of carbonyl (C=O) groups excluding carboxylic acids is 2. The van der Waals surface area contributed by atoms with E-state index in [1.54, 1.807) is 48.5 Å². The lowest BCUT2D eigenvalue weighted by atomic mass is 10.2. The lowest BCUT2D eigenvalue weighted by Crippen LogP contribution is -2.14. The highest BCUT2D eigenvalue weighted by Crippen LogP contribution is 2.21. The van der Waals surface area contributed by atoms with Gasteiger partial charge in [0.25, 0.3) is 11.8 Å². The molecule has 0 unspecified atom stereocenters. The van der Waals surface area contributed by atoms with Gasteiger partial charge < -0.3 is 10.6 Å². The van der Waals surface area contributed by atoms with Crippen LogP contribution in [-0.4, -0.2) is 11.8 Å². The summed E-state index contributed by atoms with van der Waals surface area (Å²) in [6, 6.07) is 15.7. The van der Waals surface area contributed by atoms with Gasteiger partial charge in [-0.2, -0.15) is 0 Å². The highest BCUT2D eigenvalue weighted by molar-refractivity contribution is 14.1. The number of anilines is 2. The first kappa shape index (κ1) is 17.9. The Morgan fingerprint density at radius 1 is 0.920 bits per heavy atom. The van der Waals surface area contributed by atoms with Gasteiger partial charge in [-0.1, -0.05) is 17.7 Å². The Balaban J connectivity index is 1.67. The van der Waals surface area contributed by atoms with Crippen LogP contribution in [0, 0.1) is 3.57 Å². The molecule has 0 aliphatic rings. The van der Waals surface area contributed by atoms with Crippen molar-refractivity contribution in [1.82, 2.24) is 0 Å². The second kappa shape index (κ2) is 7.99. The van der Waals surface area contributed by atoms with Crippen molar-refractivity contribution in [3.63, 3.8) is 0 Å². The SMILES string of the molecule is O=C(Nc1ccc(NC(=O)c2cc(Cl)ccc2I)cc1)c1cccs1. The van der Waals surface area contributed by atoms with Crippen LogP contribution in [0.1, 0.15) is 20.0 Å². The van der Waals surface area contributed by atoms with Gasteiger partial charge in [0.15, 0.2) is 0 Å². The molecule has 0 aliphatic carbocycles. The van der Waals surface area contributed by atoms with E-state index in [0.717, 1.165) is 3.57 Å². The minimum absolute atomic E-state index is 0.153. The van der Waals surface area contributed by atoms with Gasteiger partial charge in [-0.15, -0.1) is 11.3 Å². The van der Waals surface area contributed by atoms with Crippen molar-refractivity contribution in [3.8, 4) is 0 Å². The van der Waals surface area contributed by atoms with Gasteiger partial charge in [0, 0.05) is 20.0 Å². The second-order valence-corrected chi connectivity index (χ2v) is 7.63. The van der Waals surface area contributed by atoms with E-state index >= 15 is 0 Å². The number of hydrogen-bond acceptors (Lipinski definition) is 3. The van der Waals surface area contributed by atoms with E-state index < -0.39 is 0 Å². The highest BCUT2D eigenvalue weighted by atomic mass is 127. The number of benzene rings is 2. The molecule has 4 nitrogen and oxygen atoms in total. The van der Waals surface area contributed by atoms with Crippen LogP contribution < -0.4 is 10.6 Å². The Labute approximate surface area is 167 Å². The van der Waals surface area contributed by atoms with Gasteiger partial charge in [-0.25, -0.2) is 0 Å². The van der Waals surface area contributed by atoms with Crippen LogP contribution in [-0.2, 0) is 0 Å². The van der Waals surface area contributed by atoms with E-state index in [2.05, 4.69) is 33.2 Å². The summed E-state index contributed by atoms with van der Waals surface area (Å²) >= 11 is 9.43. The van der Waals surface area contributed by atoms with Crippen molar-refractivity contribution in [2.45, 2.75) is 0 Å². The summed E-state index contributed by atoms with van der Waals surface area (Å²) in [5, 5.41) is 8.00. The zero-order valence-corrected chi connectivity index (χ0v) is 16.5. The van der Waals surface area contributed by atoms with Crippen LogP contribution in [0.5, 0.6) is 0 Å². The Morgan fingerprint density at radius 3 is 2.16 bits per heavy atom. The lowest BCUT2D eigenvalue weighted by molar-refractivity contribution is 0.101. The third kappa shape index (κ3) is 4.59. The number of hydrogen-bond donors (Lipinski definition) is 2. The third-order valence-corrected chi connectivity index (χ3v) is 5.36. The van der Waals surface area contributed by atoms with Crippen LogP contribution in [0.2, 0.25) is 5.02 Å². The Bertz CT molecular complexity index is 911. The lowest BCUT2D eigenvalue weighted by Gasteiger charge is -2.09. The molecule has 2 aromatic carbocycles. The second-order valence-electron chi connectivity index (χ2n) is 5.09. The van der Waals surface area contributed by atoms with Crippen molar-refractivity contribution in [2.75, 3.05) is 10.6 Å². The molecule has 0 atom stereocenters. The Hall–Kier alpha value is -1.90. The molecular weight excluding hydrogens is 471 g/mol. The predicted octanol–water partition coefficient (Wildman–Crippen LogP) is 5.51. The summed E-state index contributed by atoms with van der Waals surface area (Å²) in [6.07, 6.45) is 0. The molecule has 0 saturated heterocycles. The predicted molar refractivity (Wildman–Crippen MR) is 111 cm³/mol.